The number of hydrogen-bond acceptors (Lipinski definition) is 8. The second kappa shape index (κ2) is 10.0. The molecule has 2 N–H and O–H groups in total. The average Bonchev–Trinajstić information content (AvgIpc) is 3.05. The number of thioether (sulfide) groups is 2. The summed E-state index contributed by atoms with van der Waals surface area (Å²) in [4.78, 5) is 24.2. The molecule has 1 aliphatic rings. The van der Waals surface area contributed by atoms with Crippen molar-refractivity contribution in [2.24, 2.45) is 0 Å². The lowest BCUT2D eigenvalue weighted by Gasteiger charge is -2.28. The second-order valence-corrected chi connectivity index (χ2v) is 8.69. The first-order valence-corrected chi connectivity index (χ1v) is 10.9. The first-order valence-electron chi connectivity index (χ1n) is 8.15. The third kappa shape index (κ3) is 5.61. The van der Waals surface area contributed by atoms with Gasteiger partial charge in [-0.15, -0.1) is 10.2 Å². The zero-order valence-corrected chi connectivity index (χ0v) is 16.9. The number of aromatic nitrogens is 2. The Bertz CT molecular complexity index is 648. The van der Waals surface area contributed by atoms with Gasteiger partial charge in [-0.05, 0) is 19.8 Å². The maximum Gasteiger partial charge on any atom is 0.337 e. The molecular weight excluding hydrogens is 380 g/mol. The smallest absolute Gasteiger partial charge is 0.337 e. The van der Waals surface area contributed by atoms with Crippen molar-refractivity contribution < 1.29 is 14.3 Å². The van der Waals surface area contributed by atoms with E-state index in [4.69, 9.17) is 4.74 Å². The maximum absolute atomic E-state index is 12.3. The molecule has 1 aromatic heterocycles. The molecule has 1 atom stereocenters. The summed E-state index contributed by atoms with van der Waals surface area (Å²) in [5, 5.41) is 13.8. The highest BCUT2D eigenvalue weighted by atomic mass is 32.2. The summed E-state index contributed by atoms with van der Waals surface area (Å²) in [6, 6.07) is -0.638. The van der Waals surface area contributed by atoms with Crippen LogP contribution in [0, 0.1) is 0 Å². The Morgan fingerprint density at radius 1 is 1.24 bits per heavy atom. The van der Waals surface area contributed by atoms with Gasteiger partial charge in [0.25, 0.3) is 0 Å². The van der Waals surface area contributed by atoms with Gasteiger partial charge in [0.15, 0.2) is 8.68 Å². The highest BCUT2D eigenvalue weighted by Crippen LogP contribution is 2.31. The van der Waals surface area contributed by atoms with Crippen molar-refractivity contribution in [1.82, 2.24) is 20.8 Å². The van der Waals surface area contributed by atoms with Crippen LogP contribution >= 0.6 is 34.9 Å². The summed E-state index contributed by atoms with van der Waals surface area (Å²) in [7, 11) is 0. The fraction of sp³-hybridized carbons (Fsp3) is 0.600. The van der Waals surface area contributed by atoms with E-state index < -0.39 is 5.97 Å². The fourth-order valence-electron chi connectivity index (χ4n) is 2.21. The molecule has 0 aliphatic carbocycles. The Kier molecular flexibility index (Phi) is 8.04. The van der Waals surface area contributed by atoms with E-state index in [0.717, 1.165) is 20.9 Å². The molecule has 0 spiro atoms. The normalized spacial score (nSPS) is 17.2. The van der Waals surface area contributed by atoms with Gasteiger partial charge >= 0.3 is 12.0 Å². The summed E-state index contributed by atoms with van der Waals surface area (Å²) >= 11 is 4.67. The molecule has 2 rings (SSSR count). The molecule has 138 valence electrons. The SMILES string of the molecule is CCCSc1nnc(SCC2=C(C(=O)OCC)[C@@H](CC)NC(=O)N2)s1. The van der Waals surface area contributed by atoms with Crippen LogP contribution in [0.5, 0.6) is 0 Å². The van der Waals surface area contributed by atoms with E-state index in [1.807, 2.05) is 6.92 Å². The monoisotopic (exact) mass is 402 g/mol. The van der Waals surface area contributed by atoms with E-state index in [1.54, 1.807) is 18.7 Å². The molecular formula is C15H22N4O3S3. The second-order valence-electron chi connectivity index (χ2n) is 5.14. The molecule has 1 aliphatic heterocycles. The summed E-state index contributed by atoms with van der Waals surface area (Å²) in [6.45, 7) is 6.10. The van der Waals surface area contributed by atoms with Crippen molar-refractivity contribution in [1.29, 1.82) is 0 Å². The third-order valence-electron chi connectivity index (χ3n) is 3.30. The third-order valence-corrected chi connectivity index (χ3v) is 6.73. The van der Waals surface area contributed by atoms with Gasteiger partial charge in [-0.25, -0.2) is 9.59 Å². The number of carbonyl (C=O) groups is 2. The van der Waals surface area contributed by atoms with Crippen molar-refractivity contribution in [3.05, 3.63) is 11.3 Å². The van der Waals surface area contributed by atoms with Gasteiger partial charge in [0.2, 0.25) is 0 Å². The topological polar surface area (TPSA) is 93.2 Å². The molecule has 0 saturated heterocycles. The van der Waals surface area contributed by atoms with Gasteiger partial charge in [-0.3, -0.25) is 0 Å². The minimum absolute atomic E-state index is 0.293. The zero-order valence-electron chi connectivity index (χ0n) is 14.5. The van der Waals surface area contributed by atoms with E-state index in [2.05, 4.69) is 27.8 Å². The number of ether oxygens (including phenoxy) is 1. The van der Waals surface area contributed by atoms with Crippen molar-refractivity contribution in [3.63, 3.8) is 0 Å². The molecule has 1 aromatic rings. The summed E-state index contributed by atoms with van der Waals surface area (Å²) in [5.74, 6) is 1.05. The predicted molar refractivity (Wildman–Crippen MR) is 101 cm³/mol. The van der Waals surface area contributed by atoms with Gasteiger partial charge < -0.3 is 15.4 Å². The van der Waals surface area contributed by atoms with Crippen LogP contribution in [0.25, 0.3) is 0 Å². The molecule has 0 radical (unpaired) electrons. The van der Waals surface area contributed by atoms with Gasteiger partial charge in [0.1, 0.15) is 0 Å². The Balaban J connectivity index is 2.12. The summed E-state index contributed by atoms with van der Waals surface area (Å²) in [6.07, 6.45) is 1.70. The molecule has 0 fully saturated rings. The van der Waals surface area contributed by atoms with Crippen LogP contribution in [-0.2, 0) is 9.53 Å². The molecule has 0 bridgehead atoms. The molecule has 25 heavy (non-hydrogen) atoms. The number of rotatable bonds is 9. The minimum Gasteiger partial charge on any atom is -0.463 e. The van der Waals surface area contributed by atoms with E-state index in [1.165, 1.54) is 23.1 Å². The van der Waals surface area contributed by atoms with Gasteiger partial charge in [-0.2, -0.15) is 0 Å². The Hall–Kier alpha value is -1.26. The first-order chi connectivity index (χ1) is 12.1. The van der Waals surface area contributed by atoms with Gasteiger partial charge in [0.05, 0.1) is 18.2 Å². The van der Waals surface area contributed by atoms with E-state index in [9.17, 15) is 9.59 Å². The fourth-order valence-corrected chi connectivity index (χ4v) is 5.13. The lowest BCUT2D eigenvalue weighted by Crippen LogP contribution is -2.50. The maximum atomic E-state index is 12.3. The summed E-state index contributed by atoms with van der Waals surface area (Å²) < 4.78 is 6.90. The molecule has 2 heterocycles. The Labute approximate surface area is 159 Å². The number of nitrogens with zero attached hydrogens (tertiary/aromatic N) is 2. The van der Waals surface area contributed by atoms with Crippen molar-refractivity contribution >= 4 is 46.9 Å². The highest BCUT2D eigenvalue weighted by molar-refractivity contribution is 8.03. The largest absolute Gasteiger partial charge is 0.463 e. The molecule has 10 heteroatoms. The van der Waals surface area contributed by atoms with Gasteiger partial charge in [0, 0.05) is 17.2 Å². The molecule has 0 unspecified atom stereocenters. The highest BCUT2D eigenvalue weighted by Gasteiger charge is 2.31. The van der Waals surface area contributed by atoms with Crippen LogP contribution in [-0.4, -0.2) is 46.4 Å². The van der Waals surface area contributed by atoms with Crippen molar-refractivity contribution in [2.75, 3.05) is 18.1 Å². The Morgan fingerprint density at radius 2 is 1.96 bits per heavy atom. The van der Waals surface area contributed by atoms with Crippen LogP contribution in [0.15, 0.2) is 19.9 Å². The van der Waals surface area contributed by atoms with Gasteiger partial charge in [-0.1, -0.05) is 48.7 Å². The number of nitrogens with one attached hydrogen (secondary N) is 2. The number of carbonyl (C=O) groups excluding carboxylic acids is 2. The first kappa shape index (κ1) is 20.1. The molecule has 7 nitrogen and oxygen atoms in total. The van der Waals surface area contributed by atoms with E-state index in [-0.39, 0.29) is 12.1 Å². The number of amides is 2. The minimum atomic E-state index is -0.395. The average molecular weight is 403 g/mol. The lowest BCUT2D eigenvalue weighted by molar-refractivity contribution is -0.139. The quantitative estimate of drug-likeness (QED) is 0.484. The number of esters is 1. The van der Waals surface area contributed by atoms with E-state index in [0.29, 0.717) is 30.1 Å². The number of hydrogen-bond donors (Lipinski definition) is 2. The van der Waals surface area contributed by atoms with Crippen molar-refractivity contribution in [3.8, 4) is 0 Å². The lowest BCUT2D eigenvalue weighted by atomic mass is 10.0. The van der Waals surface area contributed by atoms with E-state index >= 15 is 0 Å². The van der Waals surface area contributed by atoms with Crippen LogP contribution in [0.2, 0.25) is 0 Å². The van der Waals surface area contributed by atoms with Crippen LogP contribution in [0.4, 0.5) is 4.79 Å². The molecule has 0 aromatic carbocycles. The van der Waals surface area contributed by atoms with Crippen molar-refractivity contribution in [2.45, 2.75) is 48.3 Å². The number of urea groups is 1. The zero-order chi connectivity index (χ0) is 18.2. The Morgan fingerprint density at radius 3 is 2.60 bits per heavy atom. The standard InChI is InChI=1S/C15H22N4O3S3/c1-4-7-23-14-18-19-15(25-14)24-8-10-11(12(20)22-6-3)9(5-2)16-13(21)17-10/h9H,4-8H2,1-3H3,(H2,16,17,21)/t9-/m1/s1. The van der Waals surface area contributed by atoms with Crippen LogP contribution in [0.3, 0.4) is 0 Å². The molecule has 0 saturated carbocycles. The van der Waals surface area contributed by atoms with Crippen LogP contribution < -0.4 is 10.6 Å². The predicted octanol–water partition coefficient (Wildman–Crippen LogP) is 3.04. The van der Waals surface area contributed by atoms with Crippen LogP contribution in [0.1, 0.15) is 33.6 Å². The summed E-state index contributed by atoms with van der Waals surface area (Å²) in [5.41, 5.74) is 1.07. The molecule has 2 amide bonds.